The summed E-state index contributed by atoms with van der Waals surface area (Å²) in [6.45, 7) is 3.50. The maximum Gasteiger partial charge on any atom is 0.335 e. The van der Waals surface area contributed by atoms with Gasteiger partial charge in [0, 0.05) is 5.69 Å². The summed E-state index contributed by atoms with van der Waals surface area (Å²) < 4.78 is 5.24. The molecule has 0 radical (unpaired) electrons. The first kappa shape index (κ1) is 18.0. The van der Waals surface area contributed by atoms with Crippen LogP contribution in [0.3, 0.4) is 0 Å². The minimum atomic E-state index is -1.28. The molecule has 0 bridgehead atoms. The molecule has 7 heteroatoms. The highest BCUT2D eigenvalue weighted by Crippen LogP contribution is 2.18. The minimum Gasteiger partial charge on any atom is -0.484 e. The third-order valence-corrected chi connectivity index (χ3v) is 3.56. The third kappa shape index (κ3) is 4.81. The number of hydrogen-bond donors (Lipinski definition) is 3. The van der Waals surface area contributed by atoms with E-state index in [0.29, 0.717) is 5.69 Å². The van der Waals surface area contributed by atoms with Gasteiger partial charge < -0.3 is 20.3 Å². The van der Waals surface area contributed by atoms with Crippen LogP contribution >= 0.6 is 0 Å². The van der Waals surface area contributed by atoms with Crippen molar-refractivity contribution >= 4 is 23.5 Å². The highest BCUT2D eigenvalue weighted by Gasteiger charge is 2.13. The summed E-state index contributed by atoms with van der Waals surface area (Å²) in [6.07, 6.45) is 0. The second-order valence-electron chi connectivity index (χ2n) is 5.49. The summed E-state index contributed by atoms with van der Waals surface area (Å²) in [7, 11) is 0. The fourth-order valence-electron chi connectivity index (χ4n) is 2.09. The molecule has 0 saturated carbocycles. The fourth-order valence-corrected chi connectivity index (χ4v) is 2.09. The van der Waals surface area contributed by atoms with E-state index in [1.807, 2.05) is 26.0 Å². The normalized spacial score (nSPS) is 10.2. The Kier molecular flexibility index (Phi) is 5.38. The van der Waals surface area contributed by atoms with E-state index in [9.17, 15) is 14.4 Å². The van der Waals surface area contributed by atoms with Gasteiger partial charge in [0.2, 0.25) is 0 Å². The van der Waals surface area contributed by atoms with E-state index >= 15 is 0 Å². The third-order valence-electron chi connectivity index (χ3n) is 3.56. The molecule has 25 heavy (non-hydrogen) atoms. The van der Waals surface area contributed by atoms with Gasteiger partial charge in [-0.05, 0) is 55.3 Å². The topological polar surface area (TPSA) is 113 Å². The zero-order valence-electron chi connectivity index (χ0n) is 13.7. The fraction of sp³-hybridized carbons (Fsp3) is 0.167. The number of nitrogens with one attached hydrogen (secondary N) is 1. The van der Waals surface area contributed by atoms with Crippen LogP contribution in [-0.2, 0) is 4.79 Å². The SMILES string of the molecule is Cc1ccc(NC(=O)COc2cc(C(=O)O)cc(C(=O)O)c2)cc1C. The van der Waals surface area contributed by atoms with Gasteiger partial charge in [-0.3, -0.25) is 4.79 Å². The number of ether oxygens (including phenoxy) is 1. The predicted octanol–water partition coefficient (Wildman–Crippen LogP) is 2.72. The van der Waals surface area contributed by atoms with Gasteiger partial charge >= 0.3 is 11.9 Å². The molecule has 0 heterocycles. The van der Waals surface area contributed by atoms with Crippen molar-refractivity contribution in [1.29, 1.82) is 0 Å². The Morgan fingerprint density at radius 1 is 0.920 bits per heavy atom. The van der Waals surface area contributed by atoms with Crippen molar-refractivity contribution < 1.29 is 29.3 Å². The molecular weight excluding hydrogens is 326 g/mol. The van der Waals surface area contributed by atoms with Crippen molar-refractivity contribution in [3.05, 3.63) is 58.7 Å². The molecule has 0 aliphatic heterocycles. The number of carboxylic acid groups (broad SMARTS) is 2. The molecule has 0 aliphatic carbocycles. The van der Waals surface area contributed by atoms with Crippen molar-refractivity contribution in [2.45, 2.75) is 13.8 Å². The molecule has 3 N–H and O–H groups in total. The number of hydrogen-bond acceptors (Lipinski definition) is 4. The predicted molar refractivity (Wildman–Crippen MR) is 90.4 cm³/mol. The zero-order chi connectivity index (χ0) is 18.6. The summed E-state index contributed by atoms with van der Waals surface area (Å²) in [5.74, 6) is -3.02. The lowest BCUT2D eigenvalue weighted by Crippen LogP contribution is -2.20. The van der Waals surface area contributed by atoms with Crippen molar-refractivity contribution in [1.82, 2.24) is 0 Å². The van der Waals surface area contributed by atoms with Crippen LogP contribution in [0.4, 0.5) is 5.69 Å². The number of aryl methyl sites for hydroxylation is 2. The van der Waals surface area contributed by atoms with E-state index in [1.165, 1.54) is 0 Å². The van der Waals surface area contributed by atoms with Gasteiger partial charge in [0.15, 0.2) is 6.61 Å². The smallest absolute Gasteiger partial charge is 0.335 e. The molecule has 0 aromatic heterocycles. The summed E-state index contributed by atoms with van der Waals surface area (Å²) in [6, 6.07) is 8.80. The van der Waals surface area contributed by atoms with Crippen LogP contribution < -0.4 is 10.1 Å². The maximum atomic E-state index is 12.0. The van der Waals surface area contributed by atoms with Gasteiger partial charge in [0.05, 0.1) is 11.1 Å². The second kappa shape index (κ2) is 7.48. The van der Waals surface area contributed by atoms with E-state index in [1.54, 1.807) is 6.07 Å². The average Bonchev–Trinajstić information content (AvgIpc) is 2.56. The Hall–Kier alpha value is -3.35. The molecule has 2 rings (SSSR count). The lowest BCUT2D eigenvalue weighted by Gasteiger charge is -2.10. The monoisotopic (exact) mass is 343 g/mol. The van der Waals surface area contributed by atoms with E-state index in [4.69, 9.17) is 14.9 Å². The van der Waals surface area contributed by atoms with E-state index in [0.717, 1.165) is 29.3 Å². The molecule has 0 fully saturated rings. The Labute approximate surface area is 143 Å². The van der Waals surface area contributed by atoms with Gasteiger partial charge in [-0.15, -0.1) is 0 Å². The molecule has 0 atom stereocenters. The summed E-state index contributed by atoms with van der Waals surface area (Å²) in [5.41, 5.74) is 2.27. The van der Waals surface area contributed by atoms with Crippen molar-refractivity contribution in [3.8, 4) is 5.75 Å². The molecule has 7 nitrogen and oxygen atoms in total. The quantitative estimate of drug-likeness (QED) is 0.743. The van der Waals surface area contributed by atoms with Gasteiger partial charge in [-0.25, -0.2) is 9.59 Å². The van der Waals surface area contributed by atoms with E-state index in [2.05, 4.69) is 5.32 Å². The van der Waals surface area contributed by atoms with E-state index < -0.39 is 17.8 Å². The first-order chi connectivity index (χ1) is 11.8. The molecule has 2 aromatic rings. The molecule has 1 amide bonds. The molecule has 2 aromatic carbocycles. The number of amides is 1. The lowest BCUT2D eigenvalue weighted by atomic mass is 10.1. The Balaban J connectivity index is 2.07. The average molecular weight is 343 g/mol. The van der Waals surface area contributed by atoms with Crippen LogP contribution in [0.2, 0.25) is 0 Å². The summed E-state index contributed by atoms with van der Waals surface area (Å²) in [4.78, 5) is 34.0. The van der Waals surface area contributed by atoms with Gasteiger partial charge in [-0.2, -0.15) is 0 Å². The van der Waals surface area contributed by atoms with Crippen LogP contribution in [0, 0.1) is 13.8 Å². The number of benzene rings is 2. The van der Waals surface area contributed by atoms with Gasteiger partial charge in [0.25, 0.3) is 5.91 Å². The molecule has 130 valence electrons. The molecule has 0 aliphatic rings. The van der Waals surface area contributed by atoms with Crippen molar-refractivity contribution in [2.24, 2.45) is 0 Å². The highest BCUT2D eigenvalue weighted by atomic mass is 16.5. The van der Waals surface area contributed by atoms with Crippen LogP contribution in [0.1, 0.15) is 31.8 Å². The van der Waals surface area contributed by atoms with Gasteiger partial charge in [0.1, 0.15) is 5.75 Å². The summed E-state index contributed by atoms with van der Waals surface area (Å²) in [5, 5.41) is 20.7. The standard InChI is InChI=1S/C18H17NO6/c1-10-3-4-14(5-11(10)2)19-16(20)9-25-15-7-12(17(21)22)6-13(8-15)18(23)24/h3-8H,9H2,1-2H3,(H,19,20)(H,21,22)(H,23,24). The zero-order valence-corrected chi connectivity index (χ0v) is 13.7. The number of carbonyl (C=O) groups is 3. The number of carbonyl (C=O) groups excluding carboxylic acids is 1. The molecule has 0 saturated heterocycles. The molecule has 0 spiro atoms. The Morgan fingerprint density at radius 2 is 1.52 bits per heavy atom. The largest absolute Gasteiger partial charge is 0.484 e. The van der Waals surface area contributed by atoms with Crippen molar-refractivity contribution in [2.75, 3.05) is 11.9 Å². The molecular formula is C18H17NO6. The summed E-state index contributed by atoms with van der Waals surface area (Å²) >= 11 is 0. The van der Waals surface area contributed by atoms with Crippen LogP contribution in [0.25, 0.3) is 0 Å². The first-order valence-corrected chi connectivity index (χ1v) is 7.38. The van der Waals surface area contributed by atoms with Crippen LogP contribution in [0.5, 0.6) is 5.75 Å². The van der Waals surface area contributed by atoms with Crippen molar-refractivity contribution in [3.63, 3.8) is 0 Å². The minimum absolute atomic E-state index is 0.00691. The number of carboxylic acids is 2. The van der Waals surface area contributed by atoms with Crippen LogP contribution in [0.15, 0.2) is 36.4 Å². The Morgan fingerprint density at radius 3 is 2.04 bits per heavy atom. The number of rotatable bonds is 6. The highest BCUT2D eigenvalue weighted by molar-refractivity contribution is 5.95. The second-order valence-corrected chi connectivity index (χ2v) is 5.49. The lowest BCUT2D eigenvalue weighted by molar-refractivity contribution is -0.118. The van der Waals surface area contributed by atoms with Crippen LogP contribution in [-0.4, -0.2) is 34.7 Å². The number of aromatic carboxylic acids is 2. The van der Waals surface area contributed by atoms with Gasteiger partial charge in [-0.1, -0.05) is 6.07 Å². The Bertz CT molecular complexity index is 811. The number of anilines is 1. The van der Waals surface area contributed by atoms with E-state index in [-0.39, 0.29) is 23.5 Å². The molecule has 0 unspecified atom stereocenters. The first-order valence-electron chi connectivity index (χ1n) is 7.38. The maximum absolute atomic E-state index is 12.0.